The number of hydrogen-bond acceptors (Lipinski definition) is 5. The van der Waals surface area contributed by atoms with Crippen LogP contribution in [-0.4, -0.2) is 15.1 Å². The molecule has 0 spiro atoms. The zero-order chi connectivity index (χ0) is 10.8. The van der Waals surface area contributed by atoms with Crippen molar-refractivity contribution in [3.8, 4) is 10.6 Å². The van der Waals surface area contributed by atoms with E-state index in [1.807, 2.05) is 0 Å². The highest BCUT2D eigenvalue weighted by atomic mass is 127. The first kappa shape index (κ1) is 10.4. The van der Waals surface area contributed by atoms with Gasteiger partial charge in [-0.25, -0.2) is 0 Å². The van der Waals surface area contributed by atoms with Gasteiger partial charge in [0.1, 0.15) is 5.01 Å². The van der Waals surface area contributed by atoms with Crippen LogP contribution in [0.4, 0.5) is 5.69 Å². The number of benzene rings is 1. The van der Waals surface area contributed by atoms with Gasteiger partial charge >= 0.3 is 0 Å². The molecule has 0 aliphatic rings. The topological polar surface area (TPSA) is 68.9 Å². The second kappa shape index (κ2) is 4.19. The van der Waals surface area contributed by atoms with Crippen LogP contribution in [0.15, 0.2) is 24.3 Å². The summed E-state index contributed by atoms with van der Waals surface area (Å²) in [5.41, 5.74) is 0.930. The van der Waals surface area contributed by atoms with Gasteiger partial charge in [0.25, 0.3) is 5.69 Å². The summed E-state index contributed by atoms with van der Waals surface area (Å²) >= 11 is 3.53. The number of rotatable bonds is 2. The van der Waals surface area contributed by atoms with E-state index in [4.69, 9.17) is 0 Å². The van der Waals surface area contributed by atoms with Crippen LogP contribution in [0, 0.1) is 13.1 Å². The van der Waals surface area contributed by atoms with Crippen molar-refractivity contribution in [2.24, 2.45) is 0 Å². The Hall–Kier alpha value is -1.09. The maximum Gasteiger partial charge on any atom is 0.269 e. The third kappa shape index (κ3) is 2.29. The summed E-state index contributed by atoms with van der Waals surface area (Å²) in [4.78, 5) is 10.0. The SMILES string of the molecule is O=[N+]([O-])c1ccc(-c2nnc(I)s2)cc1. The lowest BCUT2D eigenvalue weighted by Crippen LogP contribution is -1.86. The molecule has 0 aliphatic heterocycles. The normalized spacial score (nSPS) is 10.2. The monoisotopic (exact) mass is 333 g/mol. The van der Waals surface area contributed by atoms with Gasteiger partial charge in [0, 0.05) is 17.7 Å². The molecule has 0 atom stereocenters. The fraction of sp³-hybridized carbons (Fsp3) is 0. The molecule has 0 radical (unpaired) electrons. The van der Waals surface area contributed by atoms with E-state index in [0.717, 1.165) is 13.6 Å². The molecule has 0 aliphatic carbocycles. The summed E-state index contributed by atoms with van der Waals surface area (Å²) in [5.74, 6) is 0. The lowest BCUT2D eigenvalue weighted by Gasteiger charge is -1.94. The minimum absolute atomic E-state index is 0.0814. The zero-order valence-electron chi connectivity index (χ0n) is 7.25. The molecule has 1 heterocycles. The van der Waals surface area contributed by atoms with E-state index in [1.54, 1.807) is 12.1 Å². The highest BCUT2D eigenvalue weighted by molar-refractivity contribution is 14.1. The molecule has 0 N–H and O–H groups in total. The van der Waals surface area contributed by atoms with E-state index < -0.39 is 4.92 Å². The Bertz CT molecular complexity index is 497. The van der Waals surface area contributed by atoms with Crippen LogP contribution in [0.25, 0.3) is 10.6 Å². The van der Waals surface area contributed by atoms with Crippen molar-refractivity contribution < 1.29 is 4.92 Å². The van der Waals surface area contributed by atoms with Crippen LogP contribution < -0.4 is 0 Å². The predicted octanol–water partition coefficient (Wildman–Crippen LogP) is 2.72. The van der Waals surface area contributed by atoms with Crippen LogP contribution in [-0.2, 0) is 0 Å². The quantitative estimate of drug-likeness (QED) is 0.481. The van der Waals surface area contributed by atoms with Gasteiger partial charge in [-0.15, -0.1) is 10.2 Å². The van der Waals surface area contributed by atoms with Crippen molar-refractivity contribution in [2.75, 3.05) is 0 Å². The molecule has 7 heteroatoms. The van der Waals surface area contributed by atoms with Gasteiger partial charge in [0.2, 0.25) is 0 Å². The molecule has 1 aromatic heterocycles. The number of non-ortho nitro benzene ring substituents is 1. The number of nitro groups is 1. The Morgan fingerprint density at radius 2 is 1.93 bits per heavy atom. The van der Waals surface area contributed by atoms with Crippen LogP contribution >= 0.6 is 33.9 Å². The Morgan fingerprint density at radius 3 is 2.40 bits per heavy atom. The minimum Gasteiger partial charge on any atom is -0.258 e. The predicted molar refractivity (Wildman–Crippen MR) is 64.7 cm³/mol. The molecule has 0 saturated carbocycles. The first-order chi connectivity index (χ1) is 7.16. The van der Waals surface area contributed by atoms with E-state index in [0.29, 0.717) is 0 Å². The van der Waals surface area contributed by atoms with Crippen molar-refractivity contribution >= 4 is 39.6 Å². The van der Waals surface area contributed by atoms with Crippen molar-refractivity contribution in [1.29, 1.82) is 0 Å². The van der Waals surface area contributed by atoms with Crippen LogP contribution in [0.1, 0.15) is 0 Å². The Morgan fingerprint density at radius 1 is 1.27 bits per heavy atom. The standard InChI is InChI=1S/C8H4IN3O2S/c9-8-11-10-7(15-8)5-1-3-6(4-2-5)12(13)14/h1-4H. The molecule has 0 fully saturated rings. The van der Waals surface area contributed by atoms with Crippen molar-refractivity contribution in [3.63, 3.8) is 0 Å². The second-order valence-electron chi connectivity index (χ2n) is 2.66. The van der Waals surface area contributed by atoms with Crippen LogP contribution in [0.2, 0.25) is 0 Å². The lowest BCUT2D eigenvalue weighted by atomic mass is 10.2. The lowest BCUT2D eigenvalue weighted by molar-refractivity contribution is -0.384. The first-order valence-corrected chi connectivity index (χ1v) is 5.80. The molecule has 2 rings (SSSR count). The van der Waals surface area contributed by atoms with Gasteiger partial charge in [-0.1, -0.05) is 11.3 Å². The van der Waals surface area contributed by atoms with E-state index in [9.17, 15) is 10.1 Å². The van der Waals surface area contributed by atoms with Crippen LogP contribution in [0.5, 0.6) is 0 Å². The third-order valence-corrected chi connectivity index (χ3v) is 3.36. The average molecular weight is 333 g/mol. The third-order valence-electron chi connectivity index (χ3n) is 1.73. The van der Waals surface area contributed by atoms with Crippen molar-refractivity contribution in [2.45, 2.75) is 0 Å². The van der Waals surface area contributed by atoms with E-state index >= 15 is 0 Å². The molecule has 76 valence electrons. The molecular weight excluding hydrogens is 329 g/mol. The summed E-state index contributed by atoms with van der Waals surface area (Å²) in [6, 6.07) is 6.27. The first-order valence-electron chi connectivity index (χ1n) is 3.90. The van der Waals surface area contributed by atoms with Crippen molar-refractivity contribution in [3.05, 3.63) is 37.4 Å². The van der Waals surface area contributed by atoms with E-state index in [1.165, 1.54) is 23.5 Å². The molecule has 0 bridgehead atoms. The van der Waals surface area contributed by atoms with Crippen LogP contribution in [0.3, 0.4) is 0 Å². The van der Waals surface area contributed by atoms with Gasteiger partial charge < -0.3 is 0 Å². The van der Waals surface area contributed by atoms with Gasteiger partial charge in [0.15, 0.2) is 3.01 Å². The summed E-state index contributed by atoms with van der Waals surface area (Å²) in [6.45, 7) is 0. The maximum absolute atomic E-state index is 10.4. The van der Waals surface area contributed by atoms with Gasteiger partial charge in [0.05, 0.1) is 4.92 Å². The summed E-state index contributed by atoms with van der Waals surface area (Å²) in [6.07, 6.45) is 0. The number of hydrogen-bond donors (Lipinski definition) is 0. The highest BCUT2D eigenvalue weighted by Gasteiger charge is 2.08. The summed E-state index contributed by atoms with van der Waals surface area (Å²) < 4.78 is 0.848. The number of nitrogens with zero attached hydrogens (tertiary/aromatic N) is 3. The average Bonchev–Trinajstić information content (AvgIpc) is 2.65. The van der Waals surface area contributed by atoms with Crippen molar-refractivity contribution in [1.82, 2.24) is 10.2 Å². The fourth-order valence-corrected chi connectivity index (χ4v) is 2.36. The number of aromatic nitrogens is 2. The molecule has 0 saturated heterocycles. The summed E-state index contributed by atoms with van der Waals surface area (Å²) in [5, 5.41) is 19.0. The van der Waals surface area contributed by atoms with E-state index in [-0.39, 0.29) is 5.69 Å². The Labute approximate surface area is 102 Å². The zero-order valence-corrected chi connectivity index (χ0v) is 10.2. The Kier molecular flexibility index (Phi) is 2.91. The minimum atomic E-state index is -0.423. The largest absolute Gasteiger partial charge is 0.269 e. The molecule has 1 aromatic carbocycles. The molecule has 15 heavy (non-hydrogen) atoms. The van der Waals surface area contributed by atoms with E-state index in [2.05, 4.69) is 32.8 Å². The smallest absolute Gasteiger partial charge is 0.258 e. The molecule has 2 aromatic rings. The number of halogens is 1. The van der Waals surface area contributed by atoms with Gasteiger partial charge in [-0.2, -0.15) is 0 Å². The fourth-order valence-electron chi connectivity index (χ4n) is 1.05. The summed E-state index contributed by atoms with van der Waals surface area (Å²) in [7, 11) is 0. The molecule has 0 unspecified atom stereocenters. The maximum atomic E-state index is 10.4. The molecular formula is C8H4IN3O2S. The Balaban J connectivity index is 2.35. The van der Waals surface area contributed by atoms with Gasteiger partial charge in [-0.05, 0) is 34.7 Å². The molecule has 5 nitrogen and oxygen atoms in total. The highest BCUT2D eigenvalue weighted by Crippen LogP contribution is 2.25. The second-order valence-corrected chi connectivity index (χ2v) is 5.40. The molecule has 0 amide bonds. The number of nitro benzene ring substituents is 1. The van der Waals surface area contributed by atoms with Gasteiger partial charge in [-0.3, -0.25) is 10.1 Å².